The summed E-state index contributed by atoms with van der Waals surface area (Å²) in [6.45, 7) is 10.1. The molecule has 3 heterocycles. The SMILES string of the molecule is CC(=O)O.CO[C@@H]1[C@H]2OC(C)(C)O[C@H]2OC[C@H]1OC.CO[C@H]1[C@H](OC)COC(C)[C@@H]1C.[CH2-]I.[CH3-].[V].[V]. The standard InChI is InChI=1S/C10H18O5.C9H18O3.C2H4O2.CH2I.CH3.2V/c1-10(2)14-8-7(12-4)6(11-3)5-13-9(8)15-10;1-6-7(2)12-5-8(10-3)9(6)11-4;1-2(3)4;1-2;;;/h6-9H,5H2,1-4H3;6-9H,5H2,1-4H3;1H3,(H,3,4);1H2;1H3;;/q;;;2*-1;;/t6-,7+,8-,9-;6-,7?,8+,9+;;;;;/m10...../s1. The molecular formula is C23H45IO10V2-2. The second-order valence-electron chi connectivity index (χ2n) is 8.17. The van der Waals surface area contributed by atoms with Crippen LogP contribution >= 0.6 is 22.6 Å². The molecule has 36 heavy (non-hydrogen) atoms. The molecule has 1 N–H and O–H groups in total. The Morgan fingerprint density at radius 3 is 1.72 bits per heavy atom. The van der Waals surface area contributed by atoms with Gasteiger partial charge in [-0.05, 0) is 20.8 Å². The van der Waals surface area contributed by atoms with E-state index in [2.05, 4.69) is 18.8 Å². The Bertz CT molecular complexity index is 541. The Labute approximate surface area is 255 Å². The van der Waals surface area contributed by atoms with Gasteiger partial charge in [0.15, 0.2) is 12.1 Å². The van der Waals surface area contributed by atoms with Gasteiger partial charge in [0.2, 0.25) is 0 Å². The van der Waals surface area contributed by atoms with Crippen molar-refractivity contribution in [2.45, 2.75) is 83.3 Å². The van der Waals surface area contributed by atoms with Gasteiger partial charge in [0, 0.05) is 78.4 Å². The van der Waals surface area contributed by atoms with Gasteiger partial charge in [0.1, 0.15) is 24.4 Å². The van der Waals surface area contributed by atoms with Crippen LogP contribution in [0, 0.1) is 18.3 Å². The van der Waals surface area contributed by atoms with Gasteiger partial charge in [0.25, 0.3) is 5.97 Å². The molecule has 0 amide bonds. The Morgan fingerprint density at radius 2 is 1.31 bits per heavy atom. The third kappa shape index (κ3) is 14.4. The van der Waals surface area contributed by atoms with E-state index in [0.717, 1.165) is 6.92 Å². The minimum absolute atomic E-state index is 0. The van der Waals surface area contributed by atoms with E-state index in [1.807, 2.05) is 36.4 Å². The van der Waals surface area contributed by atoms with Crippen LogP contribution in [0.5, 0.6) is 0 Å². The summed E-state index contributed by atoms with van der Waals surface area (Å²) < 4.78 is 43.7. The van der Waals surface area contributed by atoms with Crippen molar-refractivity contribution in [1.82, 2.24) is 0 Å². The quantitative estimate of drug-likeness (QED) is 0.345. The summed E-state index contributed by atoms with van der Waals surface area (Å²) in [4.78, 5) is 12.2. The number of carboxylic acid groups (broad SMARTS) is 1. The summed E-state index contributed by atoms with van der Waals surface area (Å²) in [5.41, 5.74) is 0. The fourth-order valence-corrected chi connectivity index (χ4v) is 3.76. The predicted octanol–water partition coefficient (Wildman–Crippen LogP) is 3.34. The maximum atomic E-state index is 9.00. The molecule has 0 aliphatic carbocycles. The van der Waals surface area contributed by atoms with Crippen molar-refractivity contribution in [1.29, 1.82) is 0 Å². The first-order valence-corrected chi connectivity index (χ1v) is 12.2. The monoisotopic (exact) mass is 710 g/mol. The zero-order chi connectivity index (χ0) is 25.8. The average Bonchev–Trinajstić information content (AvgIpc) is 3.10. The largest absolute Gasteiger partial charge is 0.481 e. The second kappa shape index (κ2) is 22.8. The summed E-state index contributed by atoms with van der Waals surface area (Å²) in [5, 5.41) is 7.42. The maximum Gasteiger partial charge on any atom is 0.300 e. The molecule has 0 spiro atoms. The third-order valence-corrected chi connectivity index (χ3v) is 5.50. The van der Waals surface area contributed by atoms with Crippen LogP contribution in [0.1, 0.15) is 34.6 Å². The molecule has 1 unspecified atom stereocenters. The summed E-state index contributed by atoms with van der Waals surface area (Å²) >= 11 is 1.90. The number of aliphatic carboxylic acids is 1. The van der Waals surface area contributed by atoms with Crippen LogP contribution < -0.4 is 0 Å². The van der Waals surface area contributed by atoms with Crippen LogP contribution in [0.25, 0.3) is 0 Å². The first kappa shape index (κ1) is 44.1. The fourth-order valence-electron chi connectivity index (χ4n) is 3.76. The van der Waals surface area contributed by atoms with Gasteiger partial charge in [-0.3, -0.25) is 9.73 Å². The molecule has 3 aliphatic heterocycles. The molecule has 0 aromatic carbocycles. The molecule has 0 bridgehead atoms. The molecular weight excluding hydrogens is 665 g/mol. The van der Waals surface area contributed by atoms with Gasteiger partial charge in [0.05, 0.1) is 25.4 Å². The summed E-state index contributed by atoms with van der Waals surface area (Å²) in [6, 6.07) is 0. The van der Waals surface area contributed by atoms with Crippen molar-refractivity contribution < 1.29 is 84.9 Å². The van der Waals surface area contributed by atoms with E-state index in [-0.39, 0.29) is 87.5 Å². The molecule has 3 fully saturated rings. The van der Waals surface area contributed by atoms with Crippen molar-refractivity contribution in [3.63, 3.8) is 0 Å². The molecule has 8 atom stereocenters. The number of methoxy groups -OCH3 is 4. The average molecular weight is 710 g/mol. The number of carbonyl (C=O) groups is 1. The first-order valence-electron chi connectivity index (χ1n) is 10.7. The van der Waals surface area contributed by atoms with Crippen LogP contribution in [0.2, 0.25) is 0 Å². The Hall–Kier alpha value is 1.05. The van der Waals surface area contributed by atoms with Gasteiger partial charge in [-0.2, -0.15) is 0 Å². The Morgan fingerprint density at radius 1 is 0.889 bits per heavy atom. The zero-order valence-corrected chi connectivity index (χ0v) is 28.1. The van der Waals surface area contributed by atoms with E-state index in [1.54, 1.807) is 28.4 Å². The molecule has 13 heteroatoms. The molecule has 3 saturated heterocycles. The van der Waals surface area contributed by atoms with Crippen LogP contribution in [-0.2, 0) is 79.8 Å². The molecule has 10 nitrogen and oxygen atoms in total. The smallest absolute Gasteiger partial charge is 0.300 e. The molecule has 3 aliphatic rings. The van der Waals surface area contributed by atoms with Crippen LogP contribution in [0.4, 0.5) is 0 Å². The van der Waals surface area contributed by atoms with E-state index in [0.29, 0.717) is 19.1 Å². The minimum Gasteiger partial charge on any atom is -0.481 e. The number of rotatable bonds is 4. The minimum atomic E-state index is -0.833. The zero-order valence-electron chi connectivity index (χ0n) is 23.1. The van der Waals surface area contributed by atoms with Gasteiger partial charge >= 0.3 is 0 Å². The Kier molecular flexibility index (Phi) is 27.9. The van der Waals surface area contributed by atoms with Crippen LogP contribution in [0.15, 0.2) is 0 Å². The van der Waals surface area contributed by atoms with Crippen molar-refractivity contribution >= 4 is 28.6 Å². The van der Waals surface area contributed by atoms with Crippen molar-refractivity contribution in [2.24, 2.45) is 5.92 Å². The number of halogens is 1. The molecule has 2 radical (unpaired) electrons. The van der Waals surface area contributed by atoms with Gasteiger partial charge < -0.3 is 73.0 Å². The van der Waals surface area contributed by atoms with E-state index in [4.69, 9.17) is 47.8 Å². The van der Waals surface area contributed by atoms with E-state index >= 15 is 0 Å². The molecule has 216 valence electrons. The first-order chi connectivity index (χ1) is 15.5. The number of fused-ring (bicyclic) bond motifs is 1. The molecule has 3 rings (SSSR count). The van der Waals surface area contributed by atoms with E-state index in [9.17, 15) is 0 Å². The maximum absolute atomic E-state index is 9.00. The summed E-state index contributed by atoms with van der Waals surface area (Å²) in [5.74, 6) is -1.05. The number of carboxylic acids is 1. The van der Waals surface area contributed by atoms with Crippen molar-refractivity contribution in [3.05, 3.63) is 12.4 Å². The fraction of sp³-hybridized carbons (Fsp3) is 0.870. The number of hydrogen-bond acceptors (Lipinski definition) is 9. The van der Waals surface area contributed by atoms with Crippen LogP contribution in [-0.4, -0.2) is 101 Å². The summed E-state index contributed by atoms with van der Waals surface area (Å²) in [7, 11) is 6.71. The van der Waals surface area contributed by atoms with E-state index < -0.39 is 11.8 Å². The molecule has 0 aromatic rings. The third-order valence-electron chi connectivity index (χ3n) is 5.50. The van der Waals surface area contributed by atoms with Crippen LogP contribution in [0.3, 0.4) is 0 Å². The topological polar surface area (TPSA) is 111 Å². The summed E-state index contributed by atoms with van der Waals surface area (Å²) in [6.07, 6.45) is -0.300. The van der Waals surface area contributed by atoms with Gasteiger partial charge in [-0.1, -0.05) is 6.92 Å². The normalized spacial score (nSPS) is 33.5. The number of ether oxygens (including phenoxy) is 8. The second-order valence-corrected chi connectivity index (χ2v) is 8.17. The van der Waals surface area contributed by atoms with E-state index in [1.165, 1.54) is 0 Å². The van der Waals surface area contributed by atoms with Gasteiger partial charge in [-0.25, -0.2) is 0 Å². The van der Waals surface area contributed by atoms with Crippen molar-refractivity contribution in [2.75, 3.05) is 41.7 Å². The van der Waals surface area contributed by atoms with Gasteiger partial charge in [-0.15, -0.1) is 0 Å². The molecule has 0 aromatic heterocycles. The Balaban J connectivity index is -0.000000222. The molecule has 0 saturated carbocycles. The predicted molar refractivity (Wildman–Crippen MR) is 137 cm³/mol. The number of hydrogen-bond donors (Lipinski definition) is 1. The van der Waals surface area contributed by atoms with Crippen molar-refractivity contribution in [3.8, 4) is 0 Å².